The van der Waals surface area contributed by atoms with E-state index in [1.165, 1.54) is 25.1 Å². The molecule has 0 aliphatic carbocycles. The summed E-state index contributed by atoms with van der Waals surface area (Å²) in [6, 6.07) is 3.86. The average molecular weight is 239 g/mol. The van der Waals surface area contributed by atoms with E-state index in [-0.39, 0.29) is 30.2 Å². The molecule has 1 rings (SSSR count). The van der Waals surface area contributed by atoms with Crippen molar-refractivity contribution >= 4 is 11.5 Å². The van der Waals surface area contributed by atoms with Crippen LogP contribution in [0.2, 0.25) is 0 Å². The predicted octanol–water partition coefficient (Wildman–Crippen LogP) is 1.56. The topological polar surface area (TPSA) is 89.7 Å². The third-order valence-corrected chi connectivity index (χ3v) is 2.11. The lowest BCUT2D eigenvalue weighted by atomic mass is 10.1. The fraction of sp³-hybridized carbons (Fsp3) is 0.364. The maximum Gasteiger partial charge on any atom is 0.270 e. The highest BCUT2D eigenvalue weighted by molar-refractivity contribution is 5.97. The fourth-order valence-electron chi connectivity index (χ4n) is 1.28. The highest BCUT2D eigenvalue weighted by atomic mass is 16.6. The third kappa shape index (κ3) is 3.53. The van der Waals surface area contributed by atoms with Gasteiger partial charge in [-0.15, -0.1) is 0 Å². The molecule has 0 unspecified atom stereocenters. The zero-order chi connectivity index (χ0) is 12.8. The number of aliphatic hydroxyl groups is 1. The lowest BCUT2D eigenvalue weighted by Gasteiger charge is -2.08. The number of carbonyl (C=O) groups is 1. The van der Waals surface area contributed by atoms with Crippen LogP contribution in [0.15, 0.2) is 18.2 Å². The summed E-state index contributed by atoms with van der Waals surface area (Å²) < 4.78 is 5.27. The van der Waals surface area contributed by atoms with Gasteiger partial charge in [-0.2, -0.15) is 0 Å². The molecule has 0 saturated heterocycles. The van der Waals surface area contributed by atoms with Gasteiger partial charge in [-0.1, -0.05) is 0 Å². The second-order valence-electron chi connectivity index (χ2n) is 3.42. The number of aliphatic hydroxyl groups excluding tert-OH is 1. The normalized spacial score (nSPS) is 10.0. The summed E-state index contributed by atoms with van der Waals surface area (Å²) in [6.07, 6.45) is 0.439. The molecule has 0 spiro atoms. The van der Waals surface area contributed by atoms with Crippen LogP contribution >= 0.6 is 0 Å². The predicted molar refractivity (Wildman–Crippen MR) is 60.3 cm³/mol. The lowest BCUT2D eigenvalue weighted by Crippen LogP contribution is -2.05. The van der Waals surface area contributed by atoms with Gasteiger partial charge >= 0.3 is 0 Å². The summed E-state index contributed by atoms with van der Waals surface area (Å²) in [5, 5.41) is 19.2. The first-order valence-electron chi connectivity index (χ1n) is 5.09. The Morgan fingerprint density at radius 2 is 2.24 bits per heavy atom. The average Bonchev–Trinajstić information content (AvgIpc) is 2.29. The number of hydrogen-bond donors (Lipinski definition) is 1. The first kappa shape index (κ1) is 13.1. The van der Waals surface area contributed by atoms with Crippen LogP contribution < -0.4 is 4.74 Å². The number of nitro groups is 1. The van der Waals surface area contributed by atoms with E-state index in [4.69, 9.17) is 9.84 Å². The fourth-order valence-corrected chi connectivity index (χ4v) is 1.28. The van der Waals surface area contributed by atoms with Gasteiger partial charge in [-0.25, -0.2) is 0 Å². The molecule has 17 heavy (non-hydrogen) atoms. The van der Waals surface area contributed by atoms with Gasteiger partial charge in [0.15, 0.2) is 5.78 Å². The Kier molecular flexibility index (Phi) is 4.59. The summed E-state index contributed by atoms with van der Waals surface area (Å²) in [4.78, 5) is 21.3. The molecule has 6 heteroatoms. The van der Waals surface area contributed by atoms with E-state index in [2.05, 4.69) is 0 Å². The summed E-state index contributed by atoms with van der Waals surface area (Å²) in [5.41, 5.74) is 0.0295. The molecule has 0 saturated carbocycles. The molecule has 1 N–H and O–H groups in total. The van der Waals surface area contributed by atoms with E-state index in [1.807, 2.05) is 0 Å². The minimum Gasteiger partial charge on any atom is -0.493 e. The zero-order valence-electron chi connectivity index (χ0n) is 9.38. The molecule has 0 aliphatic rings. The summed E-state index contributed by atoms with van der Waals surface area (Å²) in [6.45, 7) is 1.56. The van der Waals surface area contributed by atoms with E-state index >= 15 is 0 Å². The number of carbonyl (C=O) groups excluding carboxylic acids is 1. The number of non-ortho nitro benzene ring substituents is 1. The van der Waals surface area contributed by atoms with E-state index in [0.717, 1.165) is 0 Å². The molecule has 0 atom stereocenters. The number of benzene rings is 1. The smallest absolute Gasteiger partial charge is 0.270 e. The first-order valence-corrected chi connectivity index (χ1v) is 5.09. The van der Waals surface area contributed by atoms with Crippen molar-refractivity contribution < 1.29 is 19.6 Å². The van der Waals surface area contributed by atoms with Crippen molar-refractivity contribution in [1.29, 1.82) is 0 Å². The largest absolute Gasteiger partial charge is 0.493 e. The van der Waals surface area contributed by atoms with Crippen molar-refractivity contribution in [3.63, 3.8) is 0 Å². The van der Waals surface area contributed by atoms with Crippen LogP contribution in [0, 0.1) is 10.1 Å². The monoisotopic (exact) mass is 239 g/mol. The van der Waals surface area contributed by atoms with Gasteiger partial charge in [0, 0.05) is 25.2 Å². The number of nitro benzene ring substituents is 1. The minimum absolute atomic E-state index is 0.0115. The van der Waals surface area contributed by atoms with E-state index in [1.54, 1.807) is 0 Å². The van der Waals surface area contributed by atoms with Crippen LogP contribution in [0.1, 0.15) is 23.7 Å². The van der Waals surface area contributed by atoms with E-state index in [0.29, 0.717) is 12.2 Å². The van der Waals surface area contributed by atoms with Crippen LogP contribution in [0.25, 0.3) is 0 Å². The van der Waals surface area contributed by atoms with Crippen molar-refractivity contribution in [3.8, 4) is 5.75 Å². The summed E-state index contributed by atoms with van der Waals surface area (Å²) >= 11 is 0. The molecule has 0 aliphatic heterocycles. The number of Topliss-reactive ketones (excluding diaryl/α,β-unsaturated/α-hetero) is 1. The summed E-state index contributed by atoms with van der Waals surface area (Å²) in [5.74, 6) is 0.00393. The molecule has 0 fully saturated rings. The molecule has 0 bridgehead atoms. The van der Waals surface area contributed by atoms with Crippen LogP contribution in [0.4, 0.5) is 5.69 Å². The van der Waals surface area contributed by atoms with Crippen molar-refractivity contribution in [2.45, 2.75) is 13.3 Å². The van der Waals surface area contributed by atoms with Crippen molar-refractivity contribution in [2.75, 3.05) is 13.2 Å². The van der Waals surface area contributed by atoms with Gasteiger partial charge in [-0.05, 0) is 13.0 Å². The maximum atomic E-state index is 11.3. The van der Waals surface area contributed by atoms with Crippen LogP contribution in [-0.4, -0.2) is 29.0 Å². The standard InChI is InChI=1S/C11H13NO5/c1-8(14)10-7-9(12(15)16)3-4-11(10)17-6-2-5-13/h3-4,7,13H,2,5-6H2,1H3. The minimum atomic E-state index is -0.566. The Labute approximate surface area is 98.0 Å². The molecule has 1 aromatic carbocycles. The van der Waals surface area contributed by atoms with Crippen molar-refractivity contribution in [1.82, 2.24) is 0 Å². The molecule has 6 nitrogen and oxygen atoms in total. The third-order valence-electron chi connectivity index (χ3n) is 2.11. The van der Waals surface area contributed by atoms with Crippen LogP contribution in [-0.2, 0) is 0 Å². The van der Waals surface area contributed by atoms with Gasteiger partial charge in [0.2, 0.25) is 0 Å². The maximum absolute atomic E-state index is 11.3. The second-order valence-corrected chi connectivity index (χ2v) is 3.42. The Morgan fingerprint density at radius 1 is 1.53 bits per heavy atom. The number of ketones is 1. The van der Waals surface area contributed by atoms with Crippen LogP contribution in [0.3, 0.4) is 0 Å². The van der Waals surface area contributed by atoms with Gasteiger partial charge < -0.3 is 9.84 Å². The van der Waals surface area contributed by atoms with Gasteiger partial charge in [-0.3, -0.25) is 14.9 Å². The number of ether oxygens (including phenoxy) is 1. The Balaban J connectivity index is 2.96. The highest BCUT2D eigenvalue weighted by Gasteiger charge is 2.14. The van der Waals surface area contributed by atoms with Crippen LogP contribution in [0.5, 0.6) is 5.75 Å². The summed E-state index contributed by atoms with van der Waals surface area (Å²) in [7, 11) is 0. The van der Waals surface area contributed by atoms with Gasteiger partial charge in [0.25, 0.3) is 5.69 Å². The number of rotatable bonds is 6. The number of hydrogen-bond acceptors (Lipinski definition) is 5. The molecular weight excluding hydrogens is 226 g/mol. The Morgan fingerprint density at radius 3 is 2.76 bits per heavy atom. The Hall–Kier alpha value is -1.95. The number of nitrogens with zero attached hydrogens (tertiary/aromatic N) is 1. The lowest BCUT2D eigenvalue weighted by molar-refractivity contribution is -0.384. The molecule has 1 aromatic rings. The quantitative estimate of drug-likeness (QED) is 0.352. The molecule has 0 heterocycles. The second kappa shape index (κ2) is 5.95. The Bertz CT molecular complexity index is 430. The first-order chi connectivity index (χ1) is 8.06. The SMILES string of the molecule is CC(=O)c1cc([N+](=O)[O-])ccc1OCCCO. The molecule has 0 amide bonds. The molecule has 92 valence electrons. The van der Waals surface area contributed by atoms with Gasteiger partial charge in [0.1, 0.15) is 5.75 Å². The van der Waals surface area contributed by atoms with E-state index < -0.39 is 4.92 Å². The van der Waals surface area contributed by atoms with Gasteiger partial charge in [0.05, 0.1) is 17.1 Å². The van der Waals surface area contributed by atoms with Crippen molar-refractivity contribution in [2.24, 2.45) is 0 Å². The zero-order valence-corrected chi connectivity index (χ0v) is 9.38. The van der Waals surface area contributed by atoms with Crippen molar-refractivity contribution in [3.05, 3.63) is 33.9 Å². The highest BCUT2D eigenvalue weighted by Crippen LogP contribution is 2.24. The molecular formula is C11H13NO5. The molecule has 0 radical (unpaired) electrons. The van der Waals surface area contributed by atoms with E-state index in [9.17, 15) is 14.9 Å². The molecule has 0 aromatic heterocycles.